The van der Waals surface area contributed by atoms with Crippen LogP contribution in [-0.4, -0.2) is 65.5 Å². The molecule has 1 amide bonds. The average Bonchev–Trinajstić information content (AvgIpc) is 2.81. The lowest BCUT2D eigenvalue weighted by Gasteiger charge is -2.26. The zero-order valence-corrected chi connectivity index (χ0v) is 18.4. The molecule has 2 aromatic carbocycles. The number of hydrogen-bond acceptors (Lipinski definition) is 6. The Morgan fingerprint density at radius 2 is 1.97 bits per heavy atom. The lowest BCUT2D eigenvalue weighted by atomic mass is 10.2. The van der Waals surface area contributed by atoms with Gasteiger partial charge in [-0.15, -0.1) is 0 Å². The van der Waals surface area contributed by atoms with Crippen molar-refractivity contribution >= 4 is 28.6 Å². The zero-order chi connectivity index (χ0) is 22.3. The summed E-state index contributed by atoms with van der Waals surface area (Å²) in [6.45, 7) is 4.87. The number of fused-ring (bicyclic) bond motifs is 1. The van der Waals surface area contributed by atoms with Crippen molar-refractivity contribution in [2.75, 3.05) is 45.1 Å². The molecule has 0 saturated carbocycles. The molecule has 1 aliphatic heterocycles. The normalized spacial score (nSPS) is 14.5. The van der Waals surface area contributed by atoms with E-state index in [-0.39, 0.29) is 17.2 Å². The molecule has 0 radical (unpaired) electrons. The maximum Gasteiger partial charge on any atom is 0.266 e. The Balaban J connectivity index is 1.44. The van der Waals surface area contributed by atoms with Gasteiger partial charge in [0.05, 0.1) is 35.6 Å². The summed E-state index contributed by atoms with van der Waals surface area (Å²) in [5.74, 6) is -0.473. The number of carbonyl (C=O) groups is 1. The van der Waals surface area contributed by atoms with E-state index in [2.05, 4.69) is 15.2 Å². The molecule has 0 bridgehead atoms. The predicted octanol–water partition coefficient (Wildman–Crippen LogP) is 2.46. The van der Waals surface area contributed by atoms with Crippen LogP contribution < -0.4 is 10.9 Å². The molecule has 9 heteroatoms. The minimum absolute atomic E-state index is 0.109. The van der Waals surface area contributed by atoms with Gasteiger partial charge in [-0.2, -0.15) is 0 Å². The van der Waals surface area contributed by atoms with Crippen molar-refractivity contribution in [1.29, 1.82) is 0 Å². The number of nitrogens with one attached hydrogen (secondary N) is 1. The standard InChI is InChI=1S/C23H25FN4O3S/c24-17-5-3-6-18(15-17)28-22(30)19-7-1-2-8-20(19)26-23(28)32-16-21(29)25-9-4-10-27-11-13-31-14-12-27/h1-3,5-8,15H,4,9-14,16H2,(H,25,29). The molecule has 0 unspecified atom stereocenters. The highest BCUT2D eigenvalue weighted by atomic mass is 32.2. The predicted molar refractivity (Wildman–Crippen MR) is 123 cm³/mol. The monoisotopic (exact) mass is 456 g/mol. The first-order chi connectivity index (χ1) is 15.6. The van der Waals surface area contributed by atoms with Crippen LogP contribution in [0.5, 0.6) is 0 Å². The number of para-hydroxylation sites is 1. The summed E-state index contributed by atoms with van der Waals surface area (Å²) >= 11 is 1.16. The smallest absolute Gasteiger partial charge is 0.266 e. The summed E-state index contributed by atoms with van der Waals surface area (Å²) in [6.07, 6.45) is 0.860. The molecule has 168 valence electrons. The van der Waals surface area contributed by atoms with Crippen LogP contribution in [0.3, 0.4) is 0 Å². The van der Waals surface area contributed by atoms with Crippen LogP contribution in [0, 0.1) is 5.82 Å². The molecule has 1 fully saturated rings. The van der Waals surface area contributed by atoms with Gasteiger partial charge in [0, 0.05) is 19.6 Å². The first kappa shape index (κ1) is 22.4. The van der Waals surface area contributed by atoms with E-state index in [4.69, 9.17) is 4.74 Å². The van der Waals surface area contributed by atoms with Gasteiger partial charge in [-0.3, -0.25) is 19.1 Å². The number of aromatic nitrogens is 2. The Morgan fingerprint density at radius 1 is 1.16 bits per heavy atom. The molecule has 7 nitrogen and oxygen atoms in total. The minimum atomic E-state index is -0.448. The third-order valence-corrected chi connectivity index (χ3v) is 6.16. The van der Waals surface area contributed by atoms with E-state index < -0.39 is 5.82 Å². The third kappa shape index (κ3) is 5.53. The number of ether oxygens (including phenoxy) is 1. The molecule has 32 heavy (non-hydrogen) atoms. The van der Waals surface area contributed by atoms with Crippen molar-refractivity contribution in [1.82, 2.24) is 19.8 Å². The number of thioether (sulfide) groups is 1. The van der Waals surface area contributed by atoms with E-state index in [1.54, 1.807) is 36.4 Å². The summed E-state index contributed by atoms with van der Waals surface area (Å²) in [4.78, 5) is 32.4. The average molecular weight is 457 g/mol. The Bertz CT molecular complexity index is 1150. The highest BCUT2D eigenvalue weighted by Crippen LogP contribution is 2.21. The maximum absolute atomic E-state index is 13.8. The molecule has 0 aliphatic carbocycles. The number of amides is 1. The second-order valence-electron chi connectivity index (χ2n) is 7.48. The third-order valence-electron chi connectivity index (χ3n) is 5.22. The van der Waals surface area contributed by atoms with Crippen LogP contribution in [-0.2, 0) is 9.53 Å². The zero-order valence-electron chi connectivity index (χ0n) is 17.6. The first-order valence-electron chi connectivity index (χ1n) is 10.6. The fourth-order valence-corrected chi connectivity index (χ4v) is 4.43. The van der Waals surface area contributed by atoms with Crippen molar-refractivity contribution in [3.05, 3.63) is 64.7 Å². The van der Waals surface area contributed by atoms with Crippen molar-refractivity contribution in [3.63, 3.8) is 0 Å². The summed E-state index contributed by atoms with van der Waals surface area (Å²) in [5, 5.41) is 3.71. The fraction of sp³-hybridized carbons (Fsp3) is 0.348. The summed E-state index contributed by atoms with van der Waals surface area (Å²) < 4.78 is 20.5. The lowest BCUT2D eigenvalue weighted by molar-refractivity contribution is -0.118. The molecule has 4 rings (SSSR count). The highest BCUT2D eigenvalue weighted by molar-refractivity contribution is 7.99. The van der Waals surface area contributed by atoms with Crippen LogP contribution in [0.1, 0.15) is 6.42 Å². The molecule has 0 spiro atoms. The molecule has 1 aromatic heterocycles. The minimum Gasteiger partial charge on any atom is -0.379 e. The van der Waals surface area contributed by atoms with Crippen molar-refractivity contribution in [2.45, 2.75) is 11.6 Å². The van der Waals surface area contributed by atoms with Crippen molar-refractivity contribution in [2.24, 2.45) is 0 Å². The Hall–Kier alpha value is -2.75. The Morgan fingerprint density at radius 3 is 2.78 bits per heavy atom. The van der Waals surface area contributed by atoms with E-state index in [0.29, 0.717) is 28.3 Å². The molecular weight excluding hydrogens is 431 g/mol. The van der Waals surface area contributed by atoms with Gasteiger partial charge in [0.25, 0.3) is 5.56 Å². The number of benzene rings is 2. The maximum atomic E-state index is 13.8. The number of carbonyl (C=O) groups excluding carboxylic acids is 1. The van der Waals surface area contributed by atoms with Gasteiger partial charge in [0.1, 0.15) is 5.82 Å². The molecule has 0 atom stereocenters. The van der Waals surface area contributed by atoms with E-state index >= 15 is 0 Å². The molecule has 3 aromatic rings. The van der Waals surface area contributed by atoms with Crippen LogP contribution in [0.4, 0.5) is 4.39 Å². The van der Waals surface area contributed by atoms with Gasteiger partial charge in [-0.1, -0.05) is 30.0 Å². The second kappa shape index (κ2) is 10.7. The van der Waals surface area contributed by atoms with Crippen LogP contribution in [0.2, 0.25) is 0 Å². The number of halogens is 1. The van der Waals surface area contributed by atoms with Gasteiger partial charge >= 0.3 is 0 Å². The molecular formula is C23H25FN4O3S. The van der Waals surface area contributed by atoms with Gasteiger partial charge in [0.2, 0.25) is 5.91 Å². The van der Waals surface area contributed by atoms with Crippen molar-refractivity contribution < 1.29 is 13.9 Å². The lowest BCUT2D eigenvalue weighted by Crippen LogP contribution is -2.38. The van der Waals surface area contributed by atoms with Gasteiger partial charge in [-0.05, 0) is 43.3 Å². The van der Waals surface area contributed by atoms with Gasteiger partial charge in [0.15, 0.2) is 5.16 Å². The van der Waals surface area contributed by atoms with E-state index in [9.17, 15) is 14.0 Å². The topological polar surface area (TPSA) is 76.5 Å². The number of rotatable bonds is 8. The SMILES string of the molecule is O=C(CSc1nc2ccccc2c(=O)n1-c1cccc(F)c1)NCCCN1CCOCC1. The molecule has 2 heterocycles. The Kier molecular flexibility index (Phi) is 7.51. The largest absolute Gasteiger partial charge is 0.379 e. The summed E-state index contributed by atoms with van der Waals surface area (Å²) in [6, 6.07) is 12.8. The highest BCUT2D eigenvalue weighted by Gasteiger charge is 2.15. The van der Waals surface area contributed by atoms with E-state index in [1.807, 2.05) is 0 Å². The molecule has 1 N–H and O–H groups in total. The van der Waals surface area contributed by atoms with Gasteiger partial charge in [-0.25, -0.2) is 9.37 Å². The summed E-state index contributed by atoms with van der Waals surface area (Å²) in [7, 11) is 0. The second-order valence-corrected chi connectivity index (χ2v) is 8.42. The van der Waals surface area contributed by atoms with Crippen LogP contribution in [0.15, 0.2) is 58.5 Å². The molecule has 1 saturated heterocycles. The number of morpholine rings is 1. The number of nitrogens with zero attached hydrogens (tertiary/aromatic N) is 3. The van der Waals surface area contributed by atoms with Crippen LogP contribution in [0.25, 0.3) is 16.6 Å². The quantitative estimate of drug-likeness (QED) is 0.319. The van der Waals surface area contributed by atoms with Crippen molar-refractivity contribution in [3.8, 4) is 5.69 Å². The fourth-order valence-electron chi connectivity index (χ4n) is 3.59. The van der Waals surface area contributed by atoms with E-state index in [1.165, 1.54) is 16.7 Å². The number of hydrogen-bond donors (Lipinski definition) is 1. The first-order valence-corrected chi connectivity index (χ1v) is 11.6. The summed E-state index contributed by atoms with van der Waals surface area (Å²) in [5.41, 5.74) is 0.620. The van der Waals surface area contributed by atoms with Gasteiger partial charge < -0.3 is 10.1 Å². The molecule has 1 aliphatic rings. The van der Waals surface area contributed by atoms with E-state index in [0.717, 1.165) is 51.0 Å². The Labute approximate surface area is 189 Å². The van der Waals surface area contributed by atoms with Crippen LogP contribution >= 0.6 is 11.8 Å².